The minimum absolute atomic E-state index is 0.247. The quantitative estimate of drug-likeness (QED) is 0.857. The summed E-state index contributed by atoms with van der Waals surface area (Å²) in [5.41, 5.74) is 3.63. The average molecular weight is 352 g/mol. The van der Waals surface area contributed by atoms with Gasteiger partial charge in [0, 0.05) is 12.0 Å². The topological polar surface area (TPSA) is 30.5 Å². The van der Waals surface area contributed by atoms with Crippen molar-refractivity contribution in [3.63, 3.8) is 0 Å². The summed E-state index contributed by atoms with van der Waals surface area (Å²) in [5, 5.41) is 4.54. The second-order valence-corrected chi connectivity index (χ2v) is 6.45. The van der Waals surface area contributed by atoms with Gasteiger partial charge in [0.05, 0.1) is 24.3 Å². The lowest BCUT2D eigenvalue weighted by molar-refractivity contribution is 0.354. The van der Waals surface area contributed by atoms with E-state index >= 15 is 0 Å². The fraction of sp³-hybridized carbons (Fsp3) is 0.333. The molecule has 0 aliphatic heterocycles. The van der Waals surface area contributed by atoms with E-state index in [4.69, 9.17) is 32.7 Å². The smallest absolute Gasteiger partial charge is 0.161 e. The highest BCUT2D eigenvalue weighted by Gasteiger charge is 2.33. The number of hydrogen-bond donors (Lipinski definition) is 1. The molecule has 0 saturated carbocycles. The standard InChI is InChI=1S/C18H19Cl2NO2/c1-21-16-7-11(10-4-5-14(19)15(20)6-10)12-8-17(22-2)18(23-3)9-13(12)16/h4-6,8-9,11,16,21H,7H2,1-3H3/t11-,16+/m0/s1. The van der Waals surface area contributed by atoms with Gasteiger partial charge in [-0.2, -0.15) is 0 Å². The largest absolute Gasteiger partial charge is 0.493 e. The summed E-state index contributed by atoms with van der Waals surface area (Å²) in [6, 6.07) is 10.2. The average Bonchev–Trinajstić information content (AvgIpc) is 2.93. The second-order valence-electron chi connectivity index (χ2n) is 5.64. The van der Waals surface area contributed by atoms with E-state index in [-0.39, 0.29) is 12.0 Å². The van der Waals surface area contributed by atoms with Crippen LogP contribution in [0.3, 0.4) is 0 Å². The molecule has 0 heterocycles. The van der Waals surface area contributed by atoms with Crippen molar-refractivity contribution in [2.45, 2.75) is 18.4 Å². The molecule has 0 saturated heterocycles. The normalized spacial score (nSPS) is 19.5. The molecule has 0 amide bonds. The third-order valence-corrected chi connectivity index (χ3v) is 5.24. The Morgan fingerprint density at radius 3 is 2.17 bits per heavy atom. The Morgan fingerprint density at radius 1 is 0.957 bits per heavy atom. The highest BCUT2D eigenvalue weighted by atomic mass is 35.5. The zero-order valence-electron chi connectivity index (χ0n) is 13.3. The van der Waals surface area contributed by atoms with Crippen molar-refractivity contribution in [2.24, 2.45) is 0 Å². The number of benzene rings is 2. The molecule has 2 atom stereocenters. The van der Waals surface area contributed by atoms with Crippen molar-refractivity contribution in [3.8, 4) is 11.5 Å². The zero-order valence-corrected chi connectivity index (χ0v) is 14.8. The predicted molar refractivity (Wildman–Crippen MR) is 94.3 cm³/mol. The van der Waals surface area contributed by atoms with Crippen LogP contribution in [0.1, 0.15) is 35.1 Å². The monoisotopic (exact) mass is 351 g/mol. The van der Waals surface area contributed by atoms with Gasteiger partial charge in [-0.3, -0.25) is 0 Å². The van der Waals surface area contributed by atoms with E-state index in [0.29, 0.717) is 10.0 Å². The van der Waals surface area contributed by atoms with E-state index in [1.165, 1.54) is 11.1 Å². The van der Waals surface area contributed by atoms with Crippen LogP contribution in [-0.2, 0) is 0 Å². The Morgan fingerprint density at radius 2 is 1.61 bits per heavy atom. The lowest BCUT2D eigenvalue weighted by Crippen LogP contribution is -2.13. The maximum absolute atomic E-state index is 6.20. The van der Waals surface area contributed by atoms with Gasteiger partial charge in [0.1, 0.15) is 0 Å². The summed E-state index contributed by atoms with van der Waals surface area (Å²) in [5.74, 6) is 1.74. The second kappa shape index (κ2) is 6.60. The van der Waals surface area contributed by atoms with Crippen LogP contribution in [0.2, 0.25) is 10.0 Å². The molecule has 2 aromatic carbocycles. The number of nitrogens with one attached hydrogen (secondary N) is 1. The lowest BCUT2D eigenvalue weighted by atomic mass is 9.93. The molecule has 0 aromatic heterocycles. The highest BCUT2D eigenvalue weighted by Crippen LogP contribution is 2.48. The number of ether oxygens (including phenoxy) is 2. The molecule has 0 bridgehead atoms. The van der Waals surface area contributed by atoms with Crippen molar-refractivity contribution in [1.29, 1.82) is 0 Å². The van der Waals surface area contributed by atoms with E-state index in [9.17, 15) is 0 Å². The summed E-state index contributed by atoms with van der Waals surface area (Å²) < 4.78 is 10.9. The van der Waals surface area contributed by atoms with Crippen molar-refractivity contribution in [1.82, 2.24) is 5.32 Å². The van der Waals surface area contributed by atoms with Crippen LogP contribution < -0.4 is 14.8 Å². The van der Waals surface area contributed by atoms with Crippen LogP contribution in [0.5, 0.6) is 11.5 Å². The number of fused-ring (bicyclic) bond motifs is 1. The molecule has 2 aromatic rings. The lowest BCUT2D eigenvalue weighted by Gasteiger charge is -2.15. The summed E-state index contributed by atoms with van der Waals surface area (Å²) in [6.07, 6.45) is 0.958. The summed E-state index contributed by atoms with van der Waals surface area (Å²) in [6.45, 7) is 0. The first-order chi connectivity index (χ1) is 11.1. The first kappa shape index (κ1) is 16.4. The zero-order chi connectivity index (χ0) is 16.6. The Bertz CT molecular complexity index is 733. The molecule has 1 aliphatic carbocycles. The van der Waals surface area contributed by atoms with Gasteiger partial charge in [-0.15, -0.1) is 0 Å². The molecule has 5 heteroatoms. The predicted octanol–water partition coefficient (Wildman–Crippen LogP) is 4.81. The van der Waals surface area contributed by atoms with Gasteiger partial charge in [0.15, 0.2) is 11.5 Å². The third kappa shape index (κ3) is 2.89. The first-order valence-corrected chi connectivity index (χ1v) is 8.22. The first-order valence-electron chi connectivity index (χ1n) is 7.47. The van der Waals surface area contributed by atoms with E-state index in [0.717, 1.165) is 23.5 Å². The van der Waals surface area contributed by atoms with Gasteiger partial charge in [0.2, 0.25) is 0 Å². The van der Waals surface area contributed by atoms with Crippen LogP contribution in [-0.4, -0.2) is 21.3 Å². The molecule has 1 aliphatic rings. The fourth-order valence-corrected chi connectivity index (χ4v) is 3.63. The SMILES string of the molecule is CN[C@@H]1C[C@@H](c2ccc(Cl)c(Cl)c2)c2cc(OC)c(OC)cc21. The van der Waals surface area contributed by atoms with Gasteiger partial charge in [-0.1, -0.05) is 29.3 Å². The number of methoxy groups -OCH3 is 2. The Labute approximate surface area is 146 Å². The Balaban J connectivity index is 2.11. The molecule has 122 valence electrons. The fourth-order valence-electron chi connectivity index (χ4n) is 3.32. The molecule has 0 fully saturated rings. The Hall–Kier alpha value is -1.42. The molecule has 0 unspecified atom stereocenters. The number of halogens is 2. The van der Waals surface area contributed by atoms with E-state index in [2.05, 4.69) is 17.4 Å². The van der Waals surface area contributed by atoms with Crippen LogP contribution in [0.4, 0.5) is 0 Å². The third-order valence-electron chi connectivity index (χ3n) is 4.51. The van der Waals surface area contributed by atoms with Gasteiger partial charge < -0.3 is 14.8 Å². The molecule has 0 radical (unpaired) electrons. The van der Waals surface area contributed by atoms with E-state index in [1.807, 2.05) is 25.2 Å². The van der Waals surface area contributed by atoms with E-state index < -0.39 is 0 Å². The maximum atomic E-state index is 6.20. The van der Waals surface area contributed by atoms with Crippen LogP contribution in [0, 0.1) is 0 Å². The van der Waals surface area contributed by atoms with Gasteiger partial charge in [-0.05, 0) is 54.4 Å². The number of hydrogen-bond acceptors (Lipinski definition) is 3. The number of rotatable bonds is 4. The summed E-state index contributed by atoms with van der Waals surface area (Å²) in [7, 11) is 5.29. The molecule has 0 spiro atoms. The minimum Gasteiger partial charge on any atom is -0.493 e. The highest BCUT2D eigenvalue weighted by molar-refractivity contribution is 6.42. The van der Waals surface area contributed by atoms with E-state index in [1.54, 1.807) is 14.2 Å². The molecular weight excluding hydrogens is 333 g/mol. The van der Waals surface area contributed by atoms with Crippen LogP contribution in [0.15, 0.2) is 30.3 Å². The molecule has 3 nitrogen and oxygen atoms in total. The molecule has 3 rings (SSSR count). The summed E-state index contributed by atoms with van der Waals surface area (Å²) in [4.78, 5) is 0. The molecule has 1 N–H and O–H groups in total. The van der Waals surface area contributed by atoms with Crippen LogP contribution in [0.25, 0.3) is 0 Å². The van der Waals surface area contributed by atoms with Crippen LogP contribution >= 0.6 is 23.2 Å². The van der Waals surface area contributed by atoms with Crippen molar-refractivity contribution in [2.75, 3.05) is 21.3 Å². The van der Waals surface area contributed by atoms with Crippen molar-refractivity contribution >= 4 is 23.2 Å². The summed E-state index contributed by atoms with van der Waals surface area (Å²) >= 11 is 12.3. The van der Waals surface area contributed by atoms with Crippen molar-refractivity contribution in [3.05, 3.63) is 57.1 Å². The van der Waals surface area contributed by atoms with Gasteiger partial charge in [-0.25, -0.2) is 0 Å². The van der Waals surface area contributed by atoms with Crippen molar-refractivity contribution < 1.29 is 9.47 Å². The van der Waals surface area contributed by atoms with Gasteiger partial charge >= 0.3 is 0 Å². The maximum Gasteiger partial charge on any atom is 0.161 e. The minimum atomic E-state index is 0.247. The molecular formula is C18H19Cl2NO2. The van der Waals surface area contributed by atoms with Gasteiger partial charge in [0.25, 0.3) is 0 Å². The molecule has 23 heavy (non-hydrogen) atoms. The Kier molecular flexibility index (Phi) is 4.72.